The van der Waals surface area contributed by atoms with Crippen LogP contribution in [0.5, 0.6) is 5.75 Å². The first kappa shape index (κ1) is 24.0. The number of imide groups is 1. The summed E-state index contributed by atoms with van der Waals surface area (Å²) < 4.78 is 10.3. The SMILES string of the molecule is CCOC(=O)c1c(C)[nH]c(C(=O)[C@@H](C)N2C(=O)N[C@@](CC)(c3ccc(OC)cc3)C2=O)c1C. The van der Waals surface area contributed by atoms with Gasteiger partial charge in [-0.2, -0.15) is 0 Å². The van der Waals surface area contributed by atoms with Gasteiger partial charge in [0.1, 0.15) is 17.3 Å². The molecule has 3 rings (SSSR count). The number of ketones is 1. The first-order valence-electron chi connectivity index (χ1n) is 10.8. The van der Waals surface area contributed by atoms with E-state index in [0.29, 0.717) is 29.0 Å². The zero-order chi connectivity index (χ0) is 24.5. The van der Waals surface area contributed by atoms with E-state index in [1.54, 1.807) is 59.1 Å². The Hall–Kier alpha value is -3.62. The van der Waals surface area contributed by atoms with Crippen molar-refractivity contribution in [3.63, 3.8) is 0 Å². The highest BCUT2D eigenvalue weighted by Gasteiger charge is 2.53. The second kappa shape index (κ2) is 9.09. The standard InChI is InChI=1S/C24H29N3O6/c1-7-24(16-9-11-17(32-6)12-10-16)22(30)27(23(31)26-24)15(5)20(28)19-13(3)18(14(4)25-19)21(29)33-8-2/h9-12,15,25H,7-8H2,1-6H3,(H,26,31)/t15-,24+/m1/s1. The van der Waals surface area contributed by atoms with Gasteiger partial charge in [0.15, 0.2) is 0 Å². The number of urea groups is 1. The number of carbonyl (C=O) groups excluding carboxylic acids is 4. The number of ether oxygens (including phenoxy) is 2. The maximum absolute atomic E-state index is 13.5. The topological polar surface area (TPSA) is 118 Å². The molecule has 1 aromatic heterocycles. The van der Waals surface area contributed by atoms with Gasteiger partial charge in [-0.25, -0.2) is 9.59 Å². The molecule has 0 saturated carbocycles. The van der Waals surface area contributed by atoms with E-state index in [9.17, 15) is 19.2 Å². The highest BCUT2D eigenvalue weighted by atomic mass is 16.5. The van der Waals surface area contributed by atoms with E-state index >= 15 is 0 Å². The van der Waals surface area contributed by atoms with Crippen LogP contribution in [-0.4, -0.2) is 53.3 Å². The number of aromatic nitrogens is 1. The second-order valence-electron chi connectivity index (χ2n) is 7.98. The summed E-state index contributed by atoms with van der Waals surface area (Å²) in [5.41, 5.74) is 0.677. The highest BCUT2D eigenvalue weighted by Crippen LogP contribution is 2.35. The predicted molar refractivity (Wildman–Crippen MR) is 120 cm³/mol. The van der Waals surface area contributed by atoms with Crippen LogP contribution in [0.25, 0.3) is 0 Å². The summed E-state index contributed by atoms with van der Waals surface area (Å²) in [6, 6.07) is 5.14. The molecule has 9 heteroatoms. The molecule has 0 bridgehead atoms. The lowest BCUT2D eigenvalue weighted by Gasteiger charge is -2.27. The third-order valence-electron chi connectivity index (χ3n) is 6.17. The van der Waals surface area contributed by atoms with Crippen molar-refractivity contribution >= 4 is 23.7 Å². The van der Waals surface area contributed by atoms with E-state index in [1.807, 2.05) is 0 Å². The molecule has 0 unspecified atom stereocenters. The van der Waals surface area contributed by atoms with E-state index in [2.05, 4.69) is 10.3 Å². The van der Waals surface area contributed by atoms with Gasteiger partial charge in [-0.05, 0) is 57.4 Å². The van der Waals surface area contributed by atoms with Gasteiger partial charge in [0.25, 0.3) is 5.91 Å². The number of nitrogens with zero attached hydrogens (tertiary/aromatic N) is 1. The summed E-state index contributed by atoms with van der Waals surface area (Å²) in [7, 11) is 1.54. The first-order valence-corrected chi connectivity index (χ1v) is 10.8. The Morgan fingerprint density at radius 2 is 1.76 bits per heavy atom. The van der Waals surface area contributed by atoms with E-state index in [-0.39, 0.29) is 17.9 Å². The number of hydrogen-bond donors (Lipinski definition) is 2. The Bertz CT molecular complexity index is 1100. The third-order valence-corrected chi connectivity index (χ3v) is 6.17. The van der Waals surface area contributed by atoms with Crippen LogP contribution in [-0.2, 0) is 15.1 Å². The zero-order valence-corrected chi connectivity index (χ0v) is 19.7. The molecule has 1 fully saturated rings. The number of rotatable bonds is 8. The fourth-order valence-corrected chi connectivity index (χ4v) is 4.29. The number of benzene rings is 1. The van der Waals surface area contributed by atoms with Gasteiger partial charge in [0.05, 0.1) is 25.0 Å². The van der Waals surface area contributed by atoms with Crippen LogP contribution in [0.3, 0.4) is 0 Å². The molecule has 1 aromatic carbocycles. The Kier molecular flexibility index (Phi) is 6.62. The maximum Gasteiger partial charge on any atom is 0.340 e. The molecular weight excluding hydrogens is 426 g/mol. The summed E-state index contributed by atoms with van der Waals surface area (Å²) >= 11 is 0. The average Bonchev–Trinajstić information content (AvgIpc) is 3.24. The Morgan fingerprint density at radius 1 is 1.12 bits per heavy atom. The van der Waals surface area contributed by atoms with Crippen molar-refractivity contribution in [2.24, 2.45) is 0 Å². The van der Waals surface area contributed by atoms with Crippen LogP contribution >= 0.6 is 0 Å². The van der Waals surface area contributed by atoms with Gasteiger partial charge in [-0.3, -0.25) is 14.5 Å². The number of carbonyl (C=O) groups is 4. The summed E-state index contributed by atoms with van der Waals surface area (Å²) in [4.78, 5) is 56.0. The minimum atomic E-state index is -1.28. The van der Waals surface area contributed by atoms with Crippen LogP contribution in [0.4, 0.5) is 4.79 Å². The number of hydrogen-bond acceptors (Lipinski definition) is 6. The summed E-state index contributed by atoms with van der Waals surface area (Å²) in [6.45, 7) is 8.50. The second-order valence-corrected chi connectivity index (χ2v) is 7.98. The molecule has 3 amide bonds. The number of aromatic amines is 1. The fraction of sp³-hybridized carbons (Fsp3) is 0.417. The quantitative estimate of drug-likeness (QED) is 0.358. The number of Topliss-reactive ketones (excluding diaryl/α,β-unsaturated/α-hetero) is 1. The molecule has 1 aliphatic heterocycles. The molecule has 1 saturated heterocycles. The normalized spacial score (nSPS) is 18.8. The van der Waals surface area contributed by atoms with Crippen molar-refractivity contribution in [1.82, 2.24) is 15.2 Å². The highest BCUT2D eigenvalue weighted by molar-refractivity contribution is 6.13. The summed E-state index contributed by atoms with van der Waals surface area (Å²) in [5, 5.41) is 2.78. The average molecular weight is 456 g/mol. The Labute approximate surface area is 192 Å². The lowest BCUT2D eigenvalue weighted by molar-refractivity contribution is -0.132. The molecule has 2 atom stereocenters. The Morgan fingerprint density at radius 3 is 2.30 bits per heavy atom. The van der Waals surface area contributed by atoms with E-state index < -0.39 is 35.3 Å². The van der Waals surface area contributed by atoms with Gasteiger partial charge in [-0.1, -0.05) is 19.1 Å². The van der Waals surface area contributed by atoms with Crippen molar-refractivity contribution in [3.8, 4) is 5.75 Å². The molecule has 176 valence electrons. The van der Waals surface area contributed by atoms with Gasteiger partial charge >= 0.3 is 12.0 Å². The van der Waals surface area contributed by atoms with Crippen LogP contribution in [0.15, 0.2) is 24.3 Å². The summed E-state index contributed by atoms with van der Waals surface area (Å²) in [6.07, 6.45) is 0.301. The zero-order valence-electron chi connectivity index (χ0n) is 19.7. The third kappa shape index (κ3) is 3.88. The molecule has 33 heavy (non-hydrogen) atoms. The maximum atomic E-state index is 13.5. The molecular formula is C24H29N3O6. The molecule has 0 radical (unpaired) electrons. The minimum Gasteiger partial charge on any atom is -0.497 e. The number of aryl methyl sites for hydroxylation is 1. The van der Waals surface area contributed by atoms with E-state index in [1.165, 1.54) is 6.92 Å². The lowest BCUT2D eigenvalue weighted by atomic mass is 9.87. The van der Waals surface area contributed by atoms with Crippen molar-refractivity contribution in [1.29, 1.82) is 0 Å². The van der Waals surface area contributed by atoms with E-state index in [4.69, 9.17) is 9.47 Å². The molecule has 9 nitrogen and oxygen atoms in total. The summed E-state index contributed by atoms with van der Waals surface area (Å²) in [5.74, 6) is -0.893. The van der Waals surface area contributed by atoms with Gasteiger partial charge in [0.2, 0.25) is 5.78 Å². The van der Waals surface area contributed by atoms with E-state index in [0.717, 1.165) is 4.90 Å². The molecule has 2 heterocycles. The number of esters is 1. The van der Waals surface area contributed by atoms with Gasteiger partial charge < -0.3 is 19.8 Å². The van der Waals surface area contributed by atoms with Crippen molar-refractivity contribution in [3.05, 3.63) is 52.3 Å². The largest absolute Gasteiger partial charge is 0.497 e. The van der Waals surface area contributed by atoms with Crippen molar-refractivity contribution in [2.45, 2.75) is 52.6 Å². The number of methoxy groups -OCH3 is 1. The first-order chi connectivity index (χ1) is 15.6. The van der Waals surface area contributed by atoms with Crippen LogP contribution in [0.2, 0.25) is 0 Å². The van der Waals surface area contributed by atoms with Crippen LogP contribution in [0.1, 0.15) is 64.9 Å². The fourth-order valence-electron chi connectivity index (χ4n) is 4.29. The van der Waals surface area contributed by atoms with Crippen molar-refractivity contribution in [2.75, 3.05) is 13.7 Å². The Balaban J connectivity index is 1.94. The molecule has 2 aromatic rings. The van der Waals surface area contributed by atoms with Crippen molar-refractivity contribution < 1.29 is 28.7 Å². The minimum absolute atomic E-state index is 0.169. The van der Waals surface area contributed by atoms with Gasteiger partial charge in [-0.15, -0.1) is 0 Å². The molecule has 1 aliphatic rings. The monoisotopic (exact) mass is 455 g/mol. The van der Waals surface area contributed by atoms with Crippen LogP contribution in [0, 0.1) is 13.8 Å². The smallest absolute Gasteiger partial charge is 0.340 e. The number of amides is 3. The number of H-pyrrole nitrogens is 1. The van der Waals surface area contributed by atoms with Crippen LogP contribution < -0.4 is 10.1 Å². The molecule has 2 N–H and O–H groups in total. The lowest BCUT2D eigenvalue weighted by Crippen LogP contribution is -2.46. The molecule has 0 spiro atoms. The van der Waals surface area contributed by atoms with Gasteiger partial charge in [0, 0.05) is 5.69 Å². The molecule has 0 aliphatic carbocycles. The number of nitrogens with one attached hydrogen (secondary N) is 2. The predicted octanol–water partition coefficient (Wildman–Crippen LogP) is 3.25.